The standard InChI is InChI=1S/C23H24N2O2/c26-22(27-20-15-24-12-11-18-14-23(18,20)24)25-13-10-16-6-4-5-9-19(16)21(25)17-7-2-1-3-8-17/h1-9,18,20-21H,10-15H2/t18?,20?,21-,23?/m0/s1. The van der Waals surface area contributed by atoms with E-state index in [9.17, 15) is 4.79 Å². The van der Waals surface area contributed by atoms with E-state index in [0.717, 1.165) is 24.4 Å². The molecule has 3 aliphatic heterocycles. The van der Waals surface area contributed by atoms with Gasteiger partial charge in [0.25, 0.3) is 0 Å². The lowest BCUT2D eigenvalue weighted by molar-refractivity contribution is -0.0825. The zero-order valence-electron chi connectivity index (χ0n) is 15.4. The number of hydrogen-bond acceptors (Lipinski definition) is 3. The van der Waals surface area contributed by atoms with Crippen molar-refractivity contribution in [1.29, 1.82) is 0 Å². The van der Waals surface area contributed by atoms with E-state index >= 15 is 0 Å². The molecule has 0 N–H and O–H groups in total. The fourth-order valence-corrected chi connectivity index (χ4v) is 5.79. The lowest BCUT2D eigenvalue weighted by Crippen LogP contribution is -2.63. The van der Waals surface area contributed by atoms with Crippen LogP contribution in [0.2, 0.25) is 0 Å². The van der Waals surface area contributed by atoms with Crippen LogP contribution in [0.5, 0.6) is 0 Å². The first kappa shape index (κ1) is 15.7. The predicted octanol–water partition coefficient (Wildman–Crippen LogP) is 3.62. The monoisotopic (exact) mass is 360 g/mol. The minimum Gasteiger partial charge on any atom is -0.443 e. The number of hydrogen-bond donors (Lipinski definition) is 0. The largest absolute Gasteiger partial charge is 0.443 e. The minimum atomic E-state index is -0.144. The molecule has 4 atom stereocenters. The second kappa shape index (κ2) is 5.59. The topological polar surface area (TPSA) is 32.8 Å². The Balaban J connectivity index is 1.30. The van der Waals surface area contributed by atoms with Crippen molar-refractivity contribution in [2.24, 2.45) is 5.92 Å². The molecule has 138 valence electrons. The summed E-state index contributed by atoms with van der Waals surface area (Å²) in [4.78, 5) is 17.7. The number of piperidine rings is 1. The molecular formula is C23H24N2O2. The molecule has 4 nitrogen and oxygen atoms in total. The summed E-state index contributed by atoms with van der Waals surface area (Å²) in [6.07, 6.45) is 3.33. The number of carbonyl (C=O) groups excluding carboxylic acids is 1. The van der Waals surface area contributed by atoms with E-state index in [2.05, 4.69) is 41.3 Å². The quantitative estimate of drug-likeness (QED) is 0.820. The van der Waals surface area contributed by atoms with Crippen molar-refractivity contribution < 1.29 is 9.53 Å². The van der Waals surface area contributed by atoms with Crippen LogP contribution in [0.25, 0.3) is 0 Å². The minimum absolute atomic E-state index is 0.0593. The van der Waals surface area contributed by atoms with Crippen LogP contribution in [-0.4, -0.2) is 47.2 Å². The van der Waals surface area contributed by atoms with Gasteiger partial charge in [-0.1, -0.05) is 54.6 Å². The third-order valence-corrected chi connectivity index (χ3v) is 7.28. The molecule has 3 heterocycles. The van der Waals surface area contributed by atoms with Crippen LogP contribution >= 0.6 is 0 Å². The number of benzene rings is 2. The van der Waals surface area contributed by atoms with Crippen LogP contribution in [0.3, 0.4) is 0 Å². The van der Waals surface area contributed by atoms with Gasteiger partial charge in [0.1, 0.15) is 6.10 Å². The Hall–Kier alpha value is -2.33. The van der Waals surface area contributed by atoms with Crippen molar-refractivity contribution in [2.75, 3.05) is 19.6 Å². The molecule has 3 fully saturated rings. The van der Waals surface area contributed by atoms with Crippen LogP contribution < -0.4 is 0 Å². The van der Waals surface area contributed by atoms with Gasteiger partial charge in [-0.05, 0) is 48.4 Å². The summed E-state index contributed by atoms with van der Waals surface area (Å²) in [5, 5.41) is 0. The normalized spacial score (nSPS) is 33.5. The molecule has 1 aliphatic carbocycles. The molecule has 6 rings (SSSR count). The average Bonchev–Trinajstić information content (AvgIpc) is 3.41. The van der Waals surface area contributed by atoms with Gasteiger partial charge < -0.3 is 4.74 Å². The molecule has 2 saturated heterocycles. The summed E-state index contributed by atoms with van der Waals surface area (Å²) in [7, 11) is 0. The highest BCUT2D eigenvalue weighted by atomic mass is 16.6. The second-order valence-electron chi connectivity index (χ2n) is 8.45. The molecule has 1 spiro atoms. The Labute approximate surface area is 159 Å². The van der Waals surface area contributed by atoms with E-state index in [4.69, 9.17) is 4.74 Å². The Morgan fingerprint density at radius 2 is 1.85 bits per heavy atom. The fraction of sp³-hybridized carbons (Fsp3) is 0.435. The highest BCUT2D eigenvalue weighted by Gasteiger charge is 2.73. The molecular weight excluding hydrogens is 336 g/mol. The Morgan fingerprint density at radius 1 is 1.04 bits per heavy atom. The van der Waals surface area contributed by atoms with Gasteiger partial charge in [-0.15, -0.1) is 0 Å². The first-order chi connectivity index (χ1) is 13.3. The van der Waals surface area contributed by atoms with Crippen molar-refractivity contribution in [3.63, 3.8) is 0 Å². The van der Waals surface area contributed by atoms with Crippen molar-refractivity contribution in [1.82, 2.24) is 9.80 Å². The van der Waals surface area contributed by atoms with Gasteiger partial charge in [0.15, 0.2) is 0 Å². The molecule has 2 aromatic rings. The Bertz CT molecular complexity index is 898. The number of amides is 1. The van der Waals surface area contributed by atoms with Crippen LogP contribution in [0.4, 0.5) is 4.79 Å². The van der Waals surface area contributed by atoms with E-state index in [1.165, 1.54) is 30.5 Å². The van der Waals surface area contributed by atoms with E-state index in [-0.39, 0.29) is 23.8 Å². The molecule has 0 aromatic heterocycles. The maximum atomic E-state index is 13.2. The first-order valence-electron chi connectivity index (χ1n) is 10.1. The predicted molar refractivity (Wildman–Crippen MR) is 102 cm³/mol. The summed E-state index contributed by atoms with van der Waals surface area (Å²) < 4.78 is 6.10. The molecule has 0 radical (unpaired) electrons. The summed E-state index contributed by atoms with van der Waals surface area (Å²) >= 11 is 0. The highest BCUT2D eigenvalue weighted by molar-refractivity contribution is 5.71. The third-order valence-electron chi connectivity index (χ3n) is 7.28. The summed E-state index contributed by atoms with van der Waals surface area (Å²) in [5.74, 6) is 0.760. The van der Waals surface area contributed by atoms with Gasteiger partial charge in [-0.3, -0.25) is 9.80 Å². The number of rotatable bonds is 2. The summed E-state index contributed by atoms with van der Waals surface area (Å²) in [6, 6.07) is 18.8. The number of fused-ring (bicyclic) bond motifs is 1. The van der Waals surface area contributed by atoms with E-state index in [1.54, 1.807) is 0 Å². The highest BCUT2D eigenvalue weighted by Crippen LogP contribution is 2.63. The Morgan fingerprint density at radius 3 is 2.67 bits per heavy atom. The zero-order valence-corrected chi connectivity index (χ0v) is 15.4. The first-order valence-corrected chi connectivity index (χ1v) is 10.1. The maximum Gasteiger partial charge on any atom is 0.410 e. The van der Waals surface area contributed by atoms with Crippen LogP contribution in [0.1, 0.15) is 35.6 Å². The number of ether oxygens (including phenoxy) is 1. The lowest BCUT2D eigenvalue weighted by Gasteiger charge is -2.47. The molecule has 2 aromatic carbocycles. The molecule has 1 amide bonds. The van der Waals surface area contributed by atoms with E-state index in [1.807, 2.05) is 23.1 Å². The van der Waals surface area contributed by atoms with Crippen LogP contribution in [-0.2, 0) is 11.2 Å². The van der Waals surface area contributed by atoms with Gasteiger partial charge in [0, 0.05) is 13.1 Å². The SMILES string of the molecule is O=C(OC1CN2CCC3CC312)N1CCc2ccccc2[C@@H]1c1ccccc1. The van der Waals surface area contributed by atoms with Gasteiger partial charge in [0.2, 0.25) is 0 Å². The van der Waals surface area contributed by atoms with E-state index < -0.39 is 0 Å². The van der Waals surface area contributed by atoms with Crippen molar-refractivity contribution in [2.45, 2.75) is 36.9 Å². The van der Waals surface area contributed by atoms with Crippen molar-refractivity contribution in [3.8, 4) is 0 Å². The molecule has 4 aliphatic rings. The molecule has 4 heteroatoms. The number of nitrogens with zero attached hydrogens (tertiary/aromatic N) is 2. The summed E-state index contributed by atoms with van der Waals surface area (Å²) in [6.45, 7) is 2.81. The molecule has 1 saturated carbocycles. The number of carbonyl (C=O) groups is 1. The van der Waals surface area contributed by atoms with E-state index in [0.29, 0.717) is 6.54 Å². The van der Waals surface area contributed by atoms with Crippen molar-refractivity contribution in [3.05, 3.63) is 71.3 Å². The zero-order chi connectivity index (χ0) is 18.0. The Kier molecular flexibility index (Phi) is 3.25. The van der Waals surface area contributed by atoms with Gasteiger partial charge in [-0.2, -0.15) is 0 Å². The lowest BCUT2D eigenvalue weighted by atomic mass is 9.88. The van der Waals surface area contributed by atoms with Crippen molar-refractivity contribution >= 4 is 6.09 Å². The third kappa shape index (κ3) is 2.16. The summed E-state index contributed by atoms with van der Waals surface area (Å²) in [5.41, 5.74) is 3.93. The smallest absolute Gasteiger partial charge is 0.410 e. The van der Waals surface area contributed by atoms with Gasteiger partial charge in [0.05, 0.1) is 11.6 Å². The molecule has 27 heavy (non-hydrogen) atoms. The molecule has 3 unspecified atom stereocenters. The van der Waals surface area contributed by atoms with Gasteiger partial charge >= 0.3 is 6.09 Å². The average molecular weight is 360 g/mol. The van der Waals surface area contributed by atoms with Crippen LogP contribution in [0, 0.1) is 5.92 Å². The fourth-order valence-electron chi connectivity index (χ4n) is 5.79. The second-order valence-corrected chi connectivity index (χ2v) is 8.45. The molecule has 0 bridgehead atoms. The van der Waals surface area contributed by atoms with Gasteiger partial charge in [-0.25, -0.2) is 4.79 Å². The maximum absolute atomic E-state index is 13.2. The van der Waals surface area contributed by atoms with Crippen LogP contribution in [0.15, 0.2) is 54.6 Å².